The number of carbonyl (C=O) groups excluding carboxylic acids is 1. The Morgan fingerprint density at radius 1 is 1.16 bits per heavy atom. The Balaban J connectivity index is 1.49. The molecule has 3 heterocycles. The zero-order valence-electron chi connectivity index (χ0n) is 17.1. The second-order valence-electron chi connectivity index (χ2n) is 7.24. The summed E-state index contributed by atoms with van der Waals surface area (Å²) in [6.07, 6.45) is 1.60. The van der Waals surface area contributed by atoms with Gasteiger partial charge in [0.15, 0.2) is 0 Å². The van der Waals surface area contributed by atoms with Gasteiger partial charge in [-0.2, -0.15) is 4.98 Å². The number of hydrogen-bond donors (Lipinski definition) is 3. The summed E-state index contributed by atoms with van der Waals surface area (Å²) in [7, 11) is 0. The fourth-order valence-electron chi connectivity index (χ4n) is 3.39. The molecule has 0 atom stereocenters. The summed E-state index contributed by atoms with van der Waals surface area (Å²) in [4.78, 5) is 25.2. The average Bonchev–Trinajstić information content (AvgIpc) is 3.07. The monoisotopic (exact) mass is 436 g/mol. The van der Waals surface area contributed by atoms with Crippen LogP contribution >= 0.6 is 11.6 Å². The summed E-state index contributed by atoms with van der Waals surface area (Å²) < 4.78 is 1.48. The van der Waals surface area contributed by atoms with Crippen LogP contribution in [-0.2, 0) is 13.1 Å². The van der Waals surface area contributed by atoms with E-state index in [4.69, 9.17) is 23.1 Å². The van der Waals surface area contributed by atoms with Crippen LogP contribution in [0.1, 0.15) is 33.0 Å². The molecule has 9 nitrogen and oxygen atoms in total. The van der Waals surface area contributed by atoms with Gasteiger partial charge in [0.25, 0.3) is 5.91 Å². The predicted octanol–water partition coefficient (Wildman–Crippen LogP) is 2.63. The molecule has 0 aliphatic carbocycles. The number of aromatic nitrogens is 5. The number of amides is 1. The van der Waals surface area contributed by atoms with E-state index in [1.54, 1.807) is 12.3 Å². The van der Waals surface area contributed by atoms with E-state index in [0.29, 0.717) is 17.4 Å². The van der Waals surface area contributed by atoms with Gasteiger partial charge in [-0.1, -0.05) is 17.7 Å². The molecule has 0 fully saturated rings. The van der Waals surface area contributed by atoms with Crippen LogP contribution in [0.25, 0.3) is 10.9 Å². The van der Waals surface area contributed by atoms with Crippen molar-refractivity contribution in [3.63, 3.8) is 0 Å². The molecule has 4 aromatic rings. The maximum absolute atomic E-state index is 12.6. The van der Waals surface area contributed by atoms with Gasteiger partial charge in [-0.3, -0.25) is 9.78 Å². The average molecular weight is 437 g/mol. The molecule has 3 aromatic heterocycles. The molecule has 0 spiro atoms. The number of nitrogens with one attached hydrogen (secondary N) is 1. The van der Waals surface area contributed by atoms with Crippen LogP contribution in [0.4, 0.5) is 11.8 Å². The highest BCUT2D eigenvalue weighted by Gasteiger charge is 2.16. The smallest absolute Gasteiger partial charge is 0.291 e. The molecule has 0 unspecified atom stereocenters. The van der Waals surface area contributed by atoms with Gasteiger partial charge in [0, 0.05) is 23.8 Å². The van der Waals surface area contributed by atoms with Crippen molar-refractivity contribution in [1.29, 1.82) is 0 Å². The third-order valence-electron chi connectivity index (χ3n) is 4.95. The lowest BCUT2D eigenvalue weighted by atomic mass is 10.1. The standard InChI is InChI=1S/C21H21ClN8O/c1-11-5-18(23)27-12(2)16(11)9-26-20(31)19-28-21(24)30(29-19)10-13-3-4-17-14(6-13)7-15(22)8-25-17/h3-8H,9-10H2,1-2H3,(H2,23,27)(H,26,31)(H2,24,28,29). The lowest BCUT2D eigenvalue weighted by Gasteiger charge is -2.10. The number of pyridine rings is 2. The molecule has 4 rings (SSSR count). The molecule has 158 valence electrons. The molecule has 0 aliphatic heterocycles. The number of aryl methyl sites for hydroxylation is 2. The van der Waals surface area contributed by atoms with Crippen LogP contribution in [0, 0.1) is 13.8 Å². The molecular weight excluding hydrogens is 416 g/mol. The number of hydrogen-bond acceptors (Lipinski definition) is 7. The van der Waals surface area contributed by atoms with E-state index >= 15 is 0 Å². The molecule has 0 radical (unpaired) electrons. The largest absolute Gasteiger partial charge is 0.384 e. The van der Waals surface area contributed by atoms with Crippen molar-refractivity contribution in [2.75, 3.05) is 11.5 Å². The first-order valence-corrected chi connectivity index (χ1v) is 9.93. The molecule has 0 saturated carbocycles. The van der Waals surface area contributed by atoms with Crippen LogP contribution in [0.2, 0.25) is 5.02 Å². The molecular formula is C21H21ClN8O. The Morgan fingerprint density at radius 3 is 2.74 bits per heavy atom. The van der Waals surface area contributed by atoms with Gasteiger partial charge in [-0.15, -0.1) is 5.10 Å². The second kappa shape index (κ2) is 8.19. The van der Waals surface area contributed by atoms with Crippen LogP contribution < -0.4 is 16.8 Å². The van der Waals surface area contributed by atoms with Crippen LogP contribution in [0.3, 0.4) is 0 Å². The number of anilines is 2. The van der Waals surface area contributed by atoms with E-state index in [-0.39, 0.29) is 18.3 Å². The minimum absolute atomic E-state index is 0.00158. The molecule has 5 N–H and O–H groups in total. The maximum Gasteiger partial charge on any atom is 0.291 e. The quantitative estimate of drug-likeness (QED) is 0.437. The lowest BCUT2D eigenvalue weighted by molar-refractivity contribution is 0.0940. The van der Waals surface area contributed by atoms with Gasteiger partial charge >= 0.3 is 0 Å². The van der Waals surface area contributed by atoms with Crippen molar-refractivity contribution in [1.82, 2.24) is 30.0 Å². The molecule has 0 bridgehead atoms. The predicted molar refractivity (Wildman–Crippen MR) is 120 cm³/mol. The van der Waals surface area contributed by atoms with Crippen molar-refractivity contribution in [2.45, 2.75) is 26.9 Å². The Kier molecular flexibility index (Phi) is 5.43. The molecule has 0 saturated heterocycles. The Morgan fingerprint density at radius 2 is 1.97 bits per heavy atom. The van der Waals surface area contributed by atoms with E-state index < -0.39 is 5.91 Å². The van der Waals surface area contributed by atoms with Crippen molar-refractivity contribution in [3.8, 4) is 0 Å². The van der Waals surface area contributed by atoms with Crippen LogP contribution in [-0.4, -0.2) is 30.6 Å². The number of fused-ring (bicyclic) bond motifs is 1. The van der Waals surface area contributed by atoms with E-state index in [2.05, 4.69) is 25.4 Å². The van der Waals surface area contributed by atoms with Gasteiger partial charge in [0.05, 0.1) is 17.1 Å². The SMILES string of the molecule is Cc1cc(N)nc(C)c1CNC(=O)c1nc(N)n(Cc2ccc3ncc(Cl)cc3c2)n1. The van der Waals surface area contributed by atoms with Crippen LogP contribution in [0.5, 0.6) is 0 Å². The Bertz CT molecular complexity index is 1280. The summed E-state index contributed by atoms with van der Waals surface area (Å²) in [6, 6.07) is 9.38. The maximum atomic E-state index is 12.6. The number of nitrogens with zero attached hydrogens (tertiary/aromatic N) is 5. The minimum atomic E-state index is -0.421. The van der Waals surface area contributed by atoms with E-state index in [1.807, 2.05) is 38.1 Å². The lowest BCUT2D eigenvalue weighted by Crippen LogP contribution is -2.25. The zero-order valence-corrected chi connectivity index (χ0v) is 17.8. The normalized spacial score (nSPS) is 11.1. The first kappa shape index (κ1) is 20.5. The molecule has 31 heavy (non-hydrogen) atoms. The summed E-state index contributed by atoms with van der Waals surface area (Å²) in [5.41, 5.74) is 16.1. The molecule has 0 aliphatic rings. The highest BCUT2D eigenvalue weighted by molar-refractivity contribution is 6.31. The first-order chi connectivity index (χ1) is 14.8. The Labute approximate surface area is 183 Å². The summed E-state index contributed by atoms with van der Waals surface area (Å²) in [5.74, 6) is 0.179. The summed E-state index contributed by atoms with van der Waals surface area (Å²) in [6.45, 7) is 4.41. The molecule has 1 aromatic carbocycles. The van der Waals surface area contributed by atoms with Gasteiger partial charge in [0.2, 0.25) is 11.8 Å². The van der Waals surface area contributed by atoms with Crippen molar-refractivity contribution in [2.24, 2.45) is 0 Å². The number of carbonyl (C=O) groups is 1. The number of benzene rings is 1. The highest BCUT2D eigenvalue weighted by atomic mass is 35.5. The topological polar surface area (TPSA) is 138 Å². The van der Waals surface area contributed by atoms with Gasteiger partial charge in [0.1, 0.15) is 5.82 Å². The van der Waals surface area contributed by atoms with Gasteiger partial charge in [-0.25, -0.2) is 9.67 Å². The number of halogens is 1. The van der Waals surface area contributed by atoms with Crippen molar-refractivity contribution in [3.05, 3.63) is 69.8 Å². The summed E-state index contributed by atoms with van der Waals surface area (Å²) >= 11 is 6.03. The van der Waals surface area contributed by atoms with E-state index in [1.165, 1.54) is 4.68 Å². The van der Waals surface area contributed by atoms with Crippen molar-refractivity contribution >= 4 is 40.2 Å². The van der Waals surface area contributed by atoms with Gasteiger partial charge < -0.3 is 16.8 Å². The van der Waals surface area contributed by atoms with Crippen molar-refractivity contribution < 1.29 is 4.79 Å². The third kappa shape index (κ3) is 4.41. The molecule has 1 amide bonds. The first-order valence-electron chi connectivity index (χ1n) is 9.55. The fourth-order valence-corrected chi connectivity index (χ4v) is 3.56. The zero-order chi connectivity index (χ0) is 22.1. The fraction of sp³-hybridized carbons (Fsp3) is 0.190. The molecule has 10 heteroatoms. The minimum Gasteiger partial charge on any atom is -0.384 e. The second-order valence-corrected chi connectivity index (χ2v) is 7.68. The van der Waals surface area contributed by atoms with E-state index in [9.17, 15) is 4.79 Å². The van der Waals surface area contributed by atoms with E-state index in [0.717, 1.165) is 33.3 Å². The third-order valence-corrected chi connectivity index (χ3v) is 5.15. The number of rotatable bonds is 5. The van der Waals surface area contributed by atoms with Gasteiger partial charge in [-0.05, 0) is 54.8 Å². The number of nitrogens with two attached hydrogens (primary N) is 2. The highest BCUT2D eigenvalue weighted by Crippen LogP contribution is 2.19. The summed E-state index contributed by atoms with van der Waals surface area (Å²) in [5, 5.41) is 8.55. The van der Waals surface area contributed by atoms with Crippen LogP contribution in [0.15, 0.2) is 36.5 Å². The number of nitrogen functional groups attached to an aromatic ring is 2. The Hall–Kier alpha value is -3.72.